The molecule has 27 heavy (non-hydrogen) atoms. The van der Waals surface area contributed by atoms with Crippen LogP contribution >= 0.6 is 24.0 Å². The molecule has 1 saturated heterocycles. The van der Waals surface area contributed by atoms with Crippen molar-refractivity contribution in [1.82, 2.24) is 15.5 Å². The van der Waals surface area contributed by atoms with E-state index in [1.54, 1.807) is 0 Å². The molecule has 0 bridgehead atoms. The Hall–Kier alpha value is -1.35. The predicted octanol–water partition coefficient (Wildman–Crippen LogP) is 2.43. The van der Waals surface area contributed by atoms with Gasteiger partial charge in [-0.25, -0.2) is 4.99 Å². The number of carbonyl (C=O) groups excluding carboxylic acids is 1. The van der Waals surface area contributed by atoms with Crippen LogP contribution in [0.3, 0.4) is 0 Å². The van der Waals surface area contributed by atoms with Gasteiger partial charge < -0.3 is 20.3 Å². The van der Waals surface area contributed by atoms with Crippen LogP contribution in [0.1, 0.15) is 31.7 Å². The third kappa shape index (κ3) is 9.95. The molecular weight excluding hydrogens is 455 g/mol. The average molecular weight is 488 g/mol. The molecule has 2 N–H and O–H groups in total. The molecule has 0 unspecified atom stereocenters. The summed E-state index contributed by atoms with van der Waals surface area (Å²) >= 11 is 0. The number of rotatable bonds is 10. The van der Waals surface area contributed by atoms with E-state index in [0.29, 0.717) is 12.6 Å². The molecule has 0 spiro atoms. The minimum atomic E-state index is 0. The lowest BCUT2D eigenvalue weighted by Gasteiger charge is -2.15. The summed E-state index contributed by atoms with van der Waals surface area (Å²) in [5.74, 6) is 0.813. The van der Waals surface area contributed by atoms with E-state index < -0.39 is 0 Å². The minimum Gasteiger partial charge on any atom is -0.381 e. The fourth-order valence-electron chi connectivity index (χ4n) is 2.87. The average Bonchev–Trinajstić information content (AvgIpc) is 3.20. The molecule has 152 valence electrons. The lowest BCUT2D eigenvalue weighted by molar-refractivity contribution is -0.128. The van der Waals surface area contributed by atoms with Crippen molar-refractivity contribution in [1.29, 1.82) is 0 Å². The van der Waals surface area contributed by atoms with E-state index >= 15 is 0 Å². The first-order chi connectivity index (χ1) is 12.8. The number of likely N-dealkylation sites (tertiary alicyclic amines) is 1. The maximum atomic E-state index is 12.1. The van der Waals surface area contributed by atoms with Gasteiger partial charge in [0.25, 0.3) is 0 Å². The standard InChI is InChI=1S/C20H32N4O2.HI/c1-2-21-20(23-17-19(25)24-13-6-7-14-24)22-12-8-15-26-16-11-18-9-4-3-5-10-18;/h3-5,9-10H,2,6-8,11-17H2,1H3,(H2,21,22,23);1H. The summed E-state index contributed by atoms with van der Waals surface area (Å²) in [6, 6.07) is 10.4. The summed E-state index contributed by atoms with van der Waals surface area (Å²) in [7, 11) is 0. The molecule has 6 nitrogen and oxygen atoms in total. The Labute approximate surface area is 180 Å². The summed E-state index contributed by atoms with van der Waals surface area (Å²) in [6.07, 6.45) is 4.06. The number of amides is 1. The van der Waals surface area contributed by atoms with Crippen LogP contribution in [0.25, 0.3) is 0 Å². The molecule has 0 atom stereocenters. The third-order valence-electron chi connectivity index (χ3n) is 4.31. The topological polar surface area (TPSA) is 66.0 Å². The van der Waals surface area contributed by atoms with Gasteiger partial charge in [0.15, 0.2) is 5.96 Å². The van der Waals surface area contributed by atoms with E-state index in [2.05, 4.69) is 39.9 Å². The first kappa shape index (κ1) is 23.7. The molecule has 1 fully saturated rings. The first-order valence-corrected chi connectivity index (χ1v) is 9.71. The maximum Gasteiger partial charge on any atom is 0.244 e. The number of nitrogens with one attached hydrogen (secondary N) is 2. The highest BCUT2D eigenvalue weighted by atomic mass is 127. The van der Waals surface area contributed by atoms with Gasteiger partial charge in [-0.3, -0.25) is 4.79 Å². The van der Waals surface area contributed by atoms with Crippen LogP contribution in [0.5, 0.6) is 0 Å². The van der Waals surface area contributed by atoms with Gasteiger partial charge in [0, 0.05) is 32.8 Å². The lowest BCUT2D eigenvalue weighted by atomic mass is 10.2. The van der Waals surface area contributed by atoms with Crippen molar-refractivity contribution in [2.75, 3.05) is 45.9 Å². The number of hydrogen-bond donors (Lipinski definition) is 2. The van der Waals surface area contributed by atoms with Crippen LogP contribution in [-0.2, 0) is 16.0 Å². The molecule has 0 aliphatic carbocycles. The minimum absolute atomic E-state index is 0. The van der Waals surface area contributed by atoms with E-state index in [4.69, 9.17) is 4.74 Å². The second kappa shape index (κ2) is 14.7. The molecule has 1 aliphatic rings. The van der Waals surface area contributed by atoms with Crippen LogP contribution in [0.2, 0.25) is 0 Å². The highest BCUT2D eigenvalue weighted by molar-refractivity contribution is 14.0. The Morgan fingerprint density at radius 3 is 2.59 bits per heavy atom. The monoisotopic (exact) mass is 488 g/mol. The van der Waals surface area contributed by atoms with Gasteiger partial charge in [-0.1, -0.05) is 30.3 Å². The molecule has 0 saturated carbocycles. The number of benzene rings is 1. The normalized spacial score (nSPS) is 14.0. The molecule has 1 amide bonds. The SMILES string of the molecule is CCNC(=NCC(=O)N1CCCC1)NCCCOCCc1ccccc1.I. The first-order valence-electron chi connectivity index (χ1n) is 9.71. The smallest absolute Gasteiger partial charge is 0.244 e. The van der Waals surface area contributed by atoms with Crippen molar-refractivity contribution in [3.63, 3.8) is 0 Å². The fourth-order valence-corrected chi connectivity index (χ4v) is 2.87. The van der Waals surface area contributed by atoms with E-state index in [1.165, 1.54) is 5.56 Å². The molecule has 1 aromatic carbocycles. The second-order valence-corrected chi connectivity index (χ2v) is 6.41. The van der Waals surface area contributed by atoms with Crippen molar-refractivity contribution >= 4 is 35.8 Å². The molecule has 7 heteroatoms. The number of carbonyl (C=O) groups is 1. The van der Waals surface area contributed by atoms with Crippen LogP contribution in [-0.4, -0.2) is 62.7 Å². The maximum absolute atomic E-state index is 12.1. The number of aliphatic imine (C=N–C) groups is 1. The summed E-state index contributed by atoms with van der Waals surface area (Å²) in [5, 5.41) is 6.44. The predicted molar refractivity (Wildman–Crippen MR) is 121 cm³/mol. The van der Waals surface area contributed by atoms with Gasteiger partial charge in [0.05, 0.1) is 6.61 Å². The number of nitrogens with zero attached hydrogens (tertiary/aromatic N) is 2. The molecular formula is C20H33IN4O2. The fraction of sp³-hybridized carbons (Fsp3) is 0.600. The van der Waals surface area contributed by atoms with Crippen molar-refractivity contribution in [2.45, 2.75) is 32.6 Å². The van der Waals surface area contributed by atoms with Gasteiger partial charge in [-0.05, 0) is 38.2 Å². The van der Waals surface area contributed by atoms with Crippen LogP contribution < -0.4 is 10.6 Å². The Balaban J connectivity index is 0.00000364. The molecule has 0 aromatic heterocycles. The zero-order valence-electron chi connectivity index (χ0n) is 16.3. The van der Waals surface area contributed by atoms with Crippen LogP contribution in [0, 0.1) is 0 Å². The van der Waals surface area contributed by atoms with Gasteiger partial charge >= 0.3 is 0 Å². The second-order valence-electron chi connectivity index (χ2n) is 6.41. The van der Waals surface area contributed by atoms with Gasteiger partial charge in [0.1, 0.15) is 6.54 Å². The Morgan fingerprint density at radius 1 is 1.15 bits per heavy atom. The van der Waals surface area contributed by atoms with Crippen molar-refractivity contribution in [3.8, 4) is 0 Å². The number of halogens is 1. The highest BCUT2D eigenvalue weighted by Gasteiger charge is 2.17. The highest BCUT2D eigenvalue weighted by Crippen LogP contribution is 2.07. The van der Waals surface area contributed by atoms with Crippen LogP contribution in [0.4, 0.5) is 0 Å². The van der Waals surface area contributed by atoms with Gasteiger partial charge in [-0.15, -0.1) is 24.0 Å². The summed E-state index contributed by atoms with van der Waals surface area (Å²) in [6.45, 7) is 6.98. The number of hydrogen-bond acceptors (Lipinski definition) is 3. The summed E-state index contributed by atoms with van der Waals surface area (Å²) < 4.78 is 5.68. The van der Waals surface area contributed by atoms with Crippen molar-refractivity contribution in [3.05, 3.63) is 35.9 Å². The Kier molecular flexibility index (Phi) is 12.9. The molecule has 2 rings (SSSR count). The van der Waals surface area contributed by atoms with E-state index in [1.807, 2.05) is 17.9 Å². The van der Waals surface area contributed by atoms with E-state index in [9.17, 15) is 4.79 Å². The molecule has 1 heterocycles. The molecule has 1 aliphatic heterocycles. The third-order valence-corrected chi connectivity index (χ3v) is 4.31. The lowest BCUT2D eigenvalue weighted by Crippen LogP contribution is -2.39. The number of ether oxygens (including phenoxy) is 1. The zero-order valence-corrected chi connectivity index (χ0v) is 18.6. The van der Waals surface area contributed by atoms with Crippen molar-refractivity contribution < 1.29 is 9.53 Å². The van der Waals surface area contributed by atoms with Gasteiger partial charge in [-0.2, -0.15) is 0 Å². The quantitative estimate of drug-likeness (QED) is 0.230. The molecule has 1 aromatic rings. The summed E-state index contributed by atoms with van der Waals surface area (Å²) in [4.78, 5) is 18.4. The largest absolute Gasteiger partial charge is 0.381 e. The van der Waals surface area contributed by atoms with Crippen LogP contribution in [0.15, 0.2) is 35.3 Å². The van der Waals surface area contributed by atoms with E-state index in [-0.39, 0.29) is 36.4 Å². The summed E-state index contributed by atoms with van der Waals surface area (Å²) in [5.41, 5.74) is 1.30. The van der Waals surface area contributed by atoms with Gasteiger partial charge in [0.2, 0.25) is 5.91 Å². The Morgan fingerprint density at radius 2 is 1.89 bits per heavy atom. The Bertz CT molecular complexity index is 548. The van der Waals surface area contributed by atoms with E-state index in [0.717, 1.165) is 58.5 Å². The number of guanidine groups is 1. The zero-order chi connectivity index (χ0) is 18.5. The molecule has 0 radical (unpaired) electrons. The van der Waals surface area contributed by atoms with Crippen molar-refractivity contribution in [2.24, 2.45) is 4.99 Å².